The highest BCUT2D eigenvalue weighted by atomic mass is 16.5. The number of para-hydroxylation sites is 1. The van der Waals surface area contributed by atoms with Gasteiger partial charge in [0.25, 0.3) is 0 Å². The molecule has 20 heavy (non-hydrogen) atoms. The number of aromatic nitrogens is 2. The third kappa shape index (κ3) is 2.03. The van der Waals surface area contributed by atoms with Crippen molar-refractivity contribution in [3.05, 3.63) is 18.2 Å². The predicted molar refractivity (Wildman–Crippen MR) is 81.9 cm³/mol. The Kier molecular flexibility index (Phi) is 3.32. The van der Waals surface area contributed by atoms with Crippen molar-refractivity contribution in [3.8, 4) is 5.75 Å². The molecule has 3 rings (SSSR count). The van der Waals surface area contributed by atoms with E-state index in [0.29, 0.717) is 18.0 Å². The van der Waals surface area contributed by atoms with Crippen LogP contribution in [-0.4, -0.2) is 16.2 Å². The Balaban J connectivity index is 2.02. The van der Waals surface area contributed by atoms with Gasteiger partial charge in [0.1, 0.15) is 11.3 Å². The summed E-state index contributed by atoms with van der Waals surface area (Å²) >= 11 is 0. The highest BCUT2D eigenvalue weighted by Gasteiger charge is 2.36. The lowest BCUT2D eigenvalue weighted by Gasteiger charge is -2.41. The Morgan fingerprint density at radius 1 is 1.35 bits per heavy atom. The van der Waals surface area contributed by atoms with Crippen molar-refractivity contribution in [2.24, 2.45) is 5.41 Å². The van der Waals surface area contributed by atoms with Crippen molar-refractivity contribution >= 4 is 17.0 Å². The average molecular weight is 273 g/mol. The molecule has 0 saturated heterocycles. The minimum absolute atomic E-state index is 0.420. The van der Waals surface area contributed by atoms with Crippen molar-refractivity contribution < 1.29 is 4.74 Å². The van der Waals surface area contributed by atoms with Crippen molar-refractivity contribution in [2.45, 2.75) is 46.1 Å². The molecule has 0 radical (unpaired) electrons. The number of imidazole rings is 1. The molecule has 0 atom stereocenters. The number of nitrogens with zero attached hydrogens (tertiary/aromatic N) is 2. The molecule has 1 aromatic carbocycles. The van der Waals surface area contributed by atoms with Crippen LogP contribution in [0.3, 0.4) is 0 Å². The zero-order valence-corrected chi connectivity index (χ0v) is 12.4. The topological polar surface area (TPSA) is 53.1 Å². The molecule has 2 N–H and O–H groups in total. The van der Waals surface area contributed by atoms with Crippen LogP contribution in [-0.2, 0) is 6.54 Å². The van der Waals surface area contributed by atoms with Crippen molar-refractivity contribution in [1.82, 2.24) is 9.55 Å². The highest BCUT2D eigenvalue weighted by Crippen LogP contribution is 2.46. The van der Waals surface area contributed by atoms with Gasteiger partial charge in [-0.3, -0.25) is 0 Å². The summed E-state index contributed by atoms with van der Waals surface area (Å²) in [6.07, 6.45) is 5.14. The van der Waals surface area contributed by atoms with Crippen LogP contribution < -0.4 is 10.5 Å². The molecule has 1 aliphatic carbocycles. The van der Waals surface area contributed by atoms with Crippen LogP contribution in [0.1, 0.15) is 39.5 Å². The van der Waals surface area contributed by atoms with Gasteiger partial charge in [-0.05, 0) is 43.7 Å². The molecule has 1 aromatic heterocycles. The van der Waals surface area contributed by atoms with E-state index < -0.39 is 0 Å². The van der Waals surface area contributed by atoms with Gasteiger partial charge >= 0.3 is 0 Å². The minimum atomic E-state index is 0.420. The number of hydrogen-bond donors (Lipinski definition) is 1. The van der Waals surface area contributed by atoms with Crippen LogP contribution in [0.4, 0.5) is 5.95 Å². The quantitative estimate of drug-likeness (QED) is 0.905. The van der Waals surface area contributed by atoms with Crippen molar-refractivity contribution in [1.29, 1.82) is 0 Å². The van der Waals surface area contributed by atoms with E-state index in [-0.39, 0.29) is 0 Å². The number of nitrogen functional groups attached to an aromatic ring is 1. The van der Waals surface area contributed by atoms with Crippen LogP contribution in [0.5, 0.6) is 5.75 Å². The smallest absolute Gasteiger partial charge is 0.201 e. The van der Waals surface area contributed by atoms with E-state index >= 15 is 0 Å². The third-order valence-electron chi connectivity index (χ3n) is 4.73. The number of fused-ring (bicyclic) bond motifs is 1. The SMILES string of the molecule is CCOc1cccc2c1nc(N)n2CC1(CC)CCC1. The molecular formula is C16H23N3O. The Labute approximate surface area is 119 Å². The maximum absolute atomic E-state index is 6.16. The molecule has 108 valence electrons. The predicted octanol–water partition coefficient (Wildman–Crippen LogP) is 3.60. The summed E-state index contributed by atoms with van der Waals surface area (Å²) in [6.45, 7) is 5.88. The molecule has 2 aromatic rings. The number of hydrogen-bond acceptors (Lipinski definition) is 3. The Morgan fingerprint density at radius 2 is 2.15 bits per heavy atom. The van der Waals surface area contributed by atoms with Gasteiger partial charge in [0.15, 0.2) is 0 Å². The number of nitrogens with two attached hydrogens (primary N) is 1. The van der Waals surface area contributed by atoms with Gasteiger partial charge in [-0.15, -0.1) is 0 Å². The van der Waals surface area contributed by atoms with E-state index in [1.54, 1.807) is 0 Å². The number of rotatable bonds is 5. The molecule has 1 fully saturated rings. The van der Waals surface area contributed by atoms with E-state index in [1.165, 1.54) is 25.7 Å². The van der Waals surface area contributed by atoms with Crippen molar-refractivity contribution in [3.63, 3.8) is 0 Å². The second-order valence-electron chi connectivity index (χ2n) is 5.82. The lowest BCUT2D eigenvalue weighted by molar-refractivity contribution is 0.103. The summed E-state index contributed by atoms with van der Waals surface area (Å²) in [6, 6.07) is 6.06. The van der Waals surface area contributed by atoms with Gasteiger partial charge in [0, 0.05) is 6.54 Å². The average Bonchev–Trinajstić information content (AvgIpc) is 2.72. The van der Waals surface area contributed by atoms with E-state index in [1.807, 2.05) is 19.1 Å². The second kappa shape index (κ2) is 5.00. The molecule has 0 amide bonds. The maximum atomic E-state index is 6.16. The third-order valence-corrected chi connectivity index (χ3v) is 4.73. The van der Waals surface area contributed by atoms with Crippen molar-refractivity contribution in [2.75, 3.05) is 12.3 Å². The lowest BCUT2D eigenvalue weighted by Crippen LogP contribution is -2.33. The van der Waals surface area contributed by atoms with E-state index in [0.717, 1.165) is 23.3 Å². The molecule has 1 saturated carbocycles. The summed E-state index contributed by atoms with van der Waals surface area (Å²) in [7, 11) is 0. The van der Waals surface area contributed by atoms with Gasteiger partial charge in [0.05, 0.1) is 12.1 Å². The van der Waals surface area contributed by atoms with E-state index in [9.17, 15) is 0 Å². The zero-order valence-electron chi connectivity index (χ0n) is 12.4. The van der Waals surface area contributed by atoms with Crippen LogP contribution in [0.25, 0.3) is 11.0 Å². The Hall–Kier alpha value is -1.71. The monoisotopic (exact) mass is 273 g/mol. The first-order chi connectivity index (χ1) is 9.69. The van der Waals surface area contributed by atoms with Gasteiger partial charge < -0.3 is 15.0 Å². The van der Waals surface area contributed by atoms with Crippen LogP contribution in [0, 0.1) is 5.41 Å². The number of anilines is 1. The number of ether oxygens (including phenoxy) is 1. The summed E-state index contributed by atoms with van der Waals surface area (Å²) in [5.41, 5.74) is 8.55. The molecule has 4 heteroatoms. The first-order valence-corrected chi connectivity index (χ1v) is 7.56. The fraction of sp³-hybridized carbons (Fsp3) is 0.562. The maximum Gasteiger partial charge on any atom is 0.201 e. The molecule has 1 heterocycles. The fourth-order valence-corrected chi connectivity index (χ4v) is 3.21. The molecule has 0 spiro atoms. The first-order valence-electron chi connectivity index (χ1n) is 7.56. The largest absolute Gasteiger partial charge is 0.492 e. The minimum Gasteiger partial charge on any atom is -0.492 e. The Bertz CT molecular complexity index is 608. The van der Waals surface area contributed by atoms with Gasteiger partial charge in [-0.1, -0.05) is 19.4 Å². The first kappa shape index (κ1) is 13.3. The van der Waals surface area contributed by atoms with E-state index in [4.69, 9.17) is 10.5 Å². The lowest BCUT2D eigenvalue weighted by atomic mass is 9.67. The molecule has 4 nitrogen and oxygen atoms in total. The van der Waals surface area contributed by atoms with Gasteiger partial charge in [0.2, 0.25) is 5.95 Å². The van der Waals surface area contributed by atoms with Gasteiger partial charge in [-0.2, -0.15) is 0 Å². The molecular weight excluding hydrogens is 250 g/mol. The van der Waals surface area contributed by atoms with Crippen LogP contribution >= 0.6 is 0 Å². The highest BCUT2D eigenvalue weighted by molar-refractivity contribution is 5.84. The van der Waals surface area contributed by atoms with E-state index in [2.05, 4.69) is 22.5 Å². The Morgan fingerprint density at radius 3 is 2.75 bits per heavy atom. The molecule has 1 aliphatic rings. The molecule has 0 aliphatic heterocycles. The standard InChI is InChI=1S/C16H23N3O/c1-3-16(9-6-10-16)11-19-12-7-5-8-13(20-4-2)14(12)18-15(19)17/h5,7-8H,3-4,6,9-11H2,1-2H3,(H2,17,18). The van der Waals surface area contributed by atoms with Crippen LogP contribution in [0.15, 0.2) is 18.2 Å². The normalized spacial score (nSPS) is 17.1. The van der Waals surface area contributed by atoms with Gasteiger partial charge in [-0.25, -0.2) is 4.98 Å². The molecule has 0 bridgehead atoms. The molecule has 0 unspecified atom stereocenters. The summed E-state index contributed by atoms with van der Waals surface area (Å²) < 4.78 is 7.82. The fourth-order valence-electron chi connectivity index (χ4n) is 3.21. The van der Waals surface area contributed by atoms with Crippen LogP contribution in [0.2, 0.25) is 0 Å². The zero-order chi connectivity index (χ0) is 14.2. The second-order valence-corrected chi connectivity index (χ2v) is 5.82. The summed E-state index contributed by atoms with van der Waals surface area (Å²) in [5.74, 6) is 1.43. The summed E-state index contributed by atoms with van der Waals surface area (Å²) in [5, 5.41) is 0. The number of benzene rings is 1. The summed E-state index contributed by atoms with van der Waals surface area (Å²) in [4.78, 5) is 4.52.